The summed E-state index contributed by atoms with van der Waals surface area (Å²) in [5, 5.41) is 11.3. The normalized spacial score (nSPS) is 12.5. The third kappa shape index (κ3) is 2.24. The van der Waals surface area contributed by atoms with Gasteiger partial charge in [0, 0.05) is 18.2 Å². The number of aromatic carboxylic acids is 1. The van der Waals surface area contributed by atoms with E-state index in [1.807, 2.05) is 0 Å². The second kappa shape index (κ2) is 5.20. The van der Waals surface area contributed by atoms with Crippen LogP contribution in [0.15, 0.2) is 33.9 Å². The lowest BCUT2D eigenvalue weighted by Crippen LogP contribution is -2.32. The van der Waals surface area contributed by atoms with E-state index in [2.05, 4.69) is 9.97 Å². The van der Waals surface area contributed by atoms with Crippen LogP contribution in [-0.4, -0.2) is 27.3 Å². The number of H-pyrrole nitrogens is 1. The van der Waals surface area contributed by atoms with E-state index in [1.54, 1.807) is 18.2 Å². The zero-order valence-electron chi connectivity index (χ0n) is 12.9. The first kappa shape index (κ1) is 14.9. The lowest BCUT2D eigenvalue weighted by Gasteiger charge is -2.12. The van der Waals surface area contributed by atoms with Crippen molar-refractivity contribution in [2.75, 3.05) is 6.79 Å². The van der Waals surface area contributed by atoms with Gasteiger partial charge in [0.05, 0.1) is 17.0 Å². The smallest absolute Gasteiger partial charge is 0.329 e. The van der Waals surface area contributed by atoms with Gasteiger partial charge in [-0.05, 0) is 24.3 Å². The Labute approximate surface area is 139 Å². The van der Waals surface area contributed by atoms with E-state index in [1.165, 1.54) is 13.1 Å². The quantitative estimate of drug-likeness (QED) is 0.659. The molecule has 0 bridgehead atoms. The van der Waals surface area contributed by atoms with Crippen LogP contribution in [0.4, 0.5) is 0 Å². The van der Waals surface area contributed by atoms with Crippen molar-refractivity contribution in [3.63, 3.8) is 0 Å². The highest BCUT2D eigenvalue weighted by molar-refractivity contribution is 6.01. The molecular weight excluding hydrogens is 330 g/mol. The van der Waals surface area contributed by atoms with E-state index >= 15 is 0 Å². The molecule has 3 aromatic rings. The summed E-state index contributed by atoms with van der Waals surface area (Å²) in [4.78, 5) is 41.7. The number of pyridine rings is 1. The predicted octanol–water partition coefficient (Wildman–Crippen LogP) is -0.619. The average Bonchev–Trinajstić information content (AvgIpc) is 3.06. The summed E-state index contributed by atoms with van der Waals surface area (Å²) in [6.07, 6.45) is 0. The van der Waals surface area contributed by atoms with Crippen molar-refractivity contribution >= 4 is 17.0 Å². The average molecular weight is 340 g/mol. The maximum absolute atomic E-state index is 12.0. The Hall–Kier alpha value is -3.62. The Morgan fingerprint density at radius 3 is 2.76 bits per heavy atom. The molecule has 9 nitrogen and oxygen atoms in total. The van der Waals surface area contributed by atoms with Gasteiger partial charge in [-0.15, -0.1) is 0 Å². The van der Waals surface area contributed by atoms with Crippen LogP contribution in [0, 0.1) is 0 Å². The fraction of sp³-hybridized carbons (Fsp3) is 0.125. The van der Waals surface area contributed by atoms with E-state index in [-0.39, 0.29) is 29.1 Å². The van der Waals surface area contributed by atoms with E-state index in [0.717, 1.165) is 4.57 Å². The van der Waals surface area contributed by atoms with Gasteiger partial charge in [0.25, 0.3) is 5.56 Å². The molecule has 1 aliphatic rings. The number of ether oxygens (including phenoxy) is 2. The topological polar surface area (TPSA) is 126 Å². The number of carbonyl (C=O) groups is 1. The number of nitrogens with one attached hydrogen (secondary N) is 1. The van der Waals surface area contributed by atoms with Crippen LogP contribution < -0.4 is 25.8 Å². The lowest BCUT2D eigenvalue weighted by atomic mass is 10.1. The minimum atomic E-state index is -1.54. The van der Waals surface area contributed by atoms with Crippen molar-refractivity contribution in [3.8, 4) is 22.8 Å². The van der Waals surface area contributed by atoms with Gasteiger partial charge >= 0.3 is 5.69 Å². The highest BCUT2D eigenvalue weighted by Crippen LogP contribution is 2.35. The molecule has 0 unspecified atom stereocenters. The number of aromatic nitrogens is 3. The number of hydrogen-bond donors (Lipinski definition) is 1. The van der Waals surface area contributed by atoms with E-state index in [4.69, 9.17) is 9.47 Å². The molecule has 2 aromatic heterocycles. The number of aromatic amines is 1. The van der Waals surface area contributed by atoms with Gasteiger partial charge in [0.1, 0.15) is 0 Å². The van der Waals surface area contributed by atoms with Crippen molar-refractivity contribution in [1.82, 2.24) is 14.5 Å². The molecule has 1 aliphatic heterocycles. The molecule has 1 N–H and O–H groups in total. The number of benzene rings is 1. The van der Waals surface area contributed by atoms with Crippen LogP contribution in [-0.2, 0) is 7.05 Å². The van der Waals surface area contributed by atoms with E-state index in [0.29, 0.717) is 17.1 Å². The number of fused-ring (bicyclic) bond motifs is 2. The van der Waals surface area contributed by atoms with Crippen LogP contribution in [0.3, 0.4) is 0 Å². The molecule has 9 heteroatoms. The molecule has 0 saturated heterocycles. The minimum Gasteiger partial charge on any atom is -0.545 e. The van der Waals surface area contributed by atoms with E-state index < -0.39 is 17.2 Å². The molecule has 25 heavy (non-hydrogen) atoms. The minimum absolute atomic E-state index is 0.0527. The largest absolute Gasteiger partial charge is 0.545 e. The standard InChI is InChI=1S/C16H11N3O6/c1-19-13-12(14(20)18-16(19)23)8(15(21)22)5-9(17-13)7-2-3-10-11(4-7)25-6-24-10/h2-5H,6H2,1H3,(H,21,22)(H,18,20,23)/p-1. The molecular formula is C16H10N3O6-. The summed E-state index contributed by atoms with van der Waals surface area (Å²) in [5.74, 6) is -0.485. The summed E-state index contributed by atoms with van der Waals surface area (Å²) >= 11 is 0. The van der Waals surface area contributed by atoms with Crippen molar-refractivity contribution in [2.24, 2.45) is 7.05 Å². The Morgan fingerprint density at radius 2 is 2.00 bits per heavy atom. The third-order valence-electron chi connectivity index (χ3n) is 3.96. The fourth-order valence-electron chi connectivity index (χ4n) is 2.70. The summed E-state index contributed by atoms with van der Waals surface area (Å²) in [7, 11) is 1.39. The Kier molecular flexibility index (Phi) is 3.11. The fourth-order valence-corrected chi connectivity index (χ4v) is 2.70. The van der Waals surface area contributed by atoms with Crippen LogP contribution in [0.1, 0.15) is 10.4 Å². The summed E-state index contributed by atoms with van der Waals surface area (Å²) in [5.41, 5.74) is -1.14. The Bertz CT molecular complexity index is 1160. The molecule has 3 heterocycles. The first-order chi connectivity index (χ1) is 12.0. The number of nitrogens with zero attached hydrogens (tertiary/aromatic N) is 2. The van der Waals surface area contributed by atoms with Crippen LogP contribution in [0.25, 0.3) is 22.3 Å². The predicted molar refractivity (Wildman–Crippen MR) is 83.5 cm³/mol. The van der Waals surface area contributed by atoms with Crippen molar-refractivity contribution in [1.29, 1.82) is 0 Å². The first-order valence-corrected chi connectivity index (χ1v) is 7.21. The maximum atomic E-state index is 12.0. The van der Waals surface area contributed by atoms with Gasteiger partial charge in [0.15, 0.2) is 17.1 Å². The van der Waals surface area contributed by atoms with Gasteiger partial charge in [-0.3, -0.25) is 14.3 Å². The van der Waals surface area contributed by atoms with Gasteiger partial charge in [-0.25, -0.2) is 9.78 Å². The van der Waals surface area contributed by atoms with Gasteiger partial charge in [-0.1, -0.05) is 0 Å². The SMILES string of the molecule is Cn1c(=O)[nH]c(=O)c2c(C(=O)[O-])cc(-c3ccc4c(c3)OCO4)nc21. The number of carboxylic acids is 1. The first-order valence-electron chi connectivity index (χ1n) is 7.21. The second-order valence-electron chi connectivity index (χ2n) is 5.43. The number of carbonyl (C=O) groups excluding carboxylic acids is 1. The zero-order valence-corrected chi connectivity index (χ0v) is 12.9. The summed E-state index contributed by atoms with van der Waals surface area (Å²) < 4.78 is 11.6. The van der Waals surface area contributed by atoms with Gasteiger partial charge < -0.3 is 19.4 Å². The maximum Gasteiger partial charge on any atom is 0.329 e. The monoisotopic (exact) mass is 340 g/mol. The van der Waals surface area contributed by atoms with Crippen molar-refractivity contribution < 1.29 is 19.4 Å². The molecule has 126 valence electrons. The molecule has 1 aromatic carbocycles. The zero-order chi connectivity index (χ0) is 17.7. The number of rotatable bonds is 2. The third-order valence-corrected chi connectivity index (χ3v) is 3.96. The highest BCUT2D eigenvalue weighted by atomic mass is 16.7. The number of aryl methyl sites for hydroxylation is 1. The molecule has 0 amide bonds. The van der Waals surface area contributed by atoms with Crippen LogP contribution in [0.5, 0.6) is 11.5 Å². The summed E-state index contributed by atoms with van der Waals surface area (Å²) in [6.45, 7) is 0.0953. The lowest BCUT2D eigenvalue weighted by molar-refractivity contribution is -0.254. The van der Waals surface area contributed by atoms with Crippen LogP contribution in [0.2, 0.25) is 0 Å². The Morgan fingerprint density at radius 1 is 1.24 bits per heavy atom. The van der Waals surface area contributed by atoms with Crippen LogP contribution >= 0.6 is 0 Å². The summed E-state index contributed by atoms with van der Waals surface area (Å²) in [6, 6.07) is 6.21. The molecule has 0 radical (unpaired) electrons. The molecule has 0 atom stereocenters. The Balaban J connectivity index is 2.06. The van der Waals surface area contributed by atoms with Crippen molar-refractivity contribution in [2.45, 2.75) is 0 Å². The van der Waals surface area contributed by atoms with Crippen molar-refractivity contribution in [3.05, 3.63) is 50.7 Å². The van der Waals surface area contributed by atoms with Gasteiger partial charge in [0.2, 0.25) is 6.79 Å². The second-order valence-corrected chi connectivity index (χ2v) is 5.43. The molecule has 0 fully saturated rings. The molecule has 0 saturated carbocycles. The number of carboxylic acid groups (broad SMARTS) is 1. The molecule has 4 rings (SSSR count). The molecule has 0 aliphatic carbocycles. The number of hydrogen-bond acceptors (Lipinski definition) is 7. The highest BCUT2D eigenvalue weighted by Gasteiger charge is 2.18. The molecule has 0 spiro atoms. The van der Waals surface area contributed by atoms with E-state index in [9.17, 15) is 19.5 Å². The van der Waals surface area contributed by atoms with Gasteiger partial charge in [-0.2, -0.15) is 0 Å².